The number of hydrogen-bond acceptors (Lipinski definition) is 2. The van der Waals surface area contributed by atoms with Gasteiger partial charge in [-0.1, -0.05) is 65.8 Å². The van der Waals surface area contributed by atoms with Crippen molar-refractivity contribution in [1.29, 1.82) is 0 Å². The minimum Gasteiger partial charge on any atom is -0.507 e. The minimum absolute atomic E-state index is 0.0469. The summed E-state index contributed by atoms with van der Waals surface area (Å²) in [6.07, 6.45) is 0. The van der Waals surface area contributed by atoms with E-state index in [2.05, 4.69) is 58.2 Å². The molecule has 0 aliphatic rings. The first-order chi connectivity index (χ1) is 12.0. The maximum atomic E-state index is 12.2. The molecule has 0 heterocycles. The Hall–Kier alpha value is -2.49. The van der Waals surface area contributed by atoms with Crippen molar-refractivity contribution in [3.05, 3.63) is 59.2 Å². The first-order valence-electron chi connectivity index (χ1n) is 8.95. The van der Waals surface area contributed by atoms with Crippen molar-refractivity contribution in [1.82, 2.24) is 5.32 Å². The topological polar surface area (TPSA) is 61.4 Å². The predicted octanol–water partition coefficient (Wildman–Crippen LogP) is 5.31. The number of amides is 2. The third-order valence-corrected chi connectivity index (χ3v) is 4.33. The highest BCUT2D eigenvalue weighted by molar-refractivity contribution is 5.89. The number of aromatic hydroxyl groups is 1. The zero-order chi connectivity index (χ0) is 19.5. The second-order valence-electron chi connectivity index (χ2n) is 8.71. The van der Waals surface area contributed by atoms with Crippen LogP contribution in [0.3, 0.4) is 0 Å². The van der Waals surface area contributed by atoms with Crippen LogP contribution in [0.1, 0.15) is 58.2 Å². The van der Waals surface area contributed by atoms with Crippen LogP contribution in [0.15, 0.2) is 42.5 Å². The quantitative estimate of drug-likeness (QED) is 0.699. The van der Waals surface area contributed by atoms with Gasteiger partial charge in [0, 0.05) is 17.8 Å². The number of hydrogen-bond donors (Lipinski definition) is 3. The Kier molecular flexibility index (Phi) is 5.65. The van der Waals surface area contributed by atoms with Crippen molar-refractivity contribution in [3.63, 3.8) is 0 Å². The van der Waals surface area contributed by atoms with Crippen molar-refractivity contribution in [2.75, 3.05) is 5.32 Å². The van der Waals surface area contributed by atoms with E-state index in [0.29, 0.717) is 0 Å². The summed E-state index contributed by atoms with van der Waals surface area (Å²) < 4.78 is 0. The summed E-state index contributed by atoms with van der Waals surface area (Å²) in [4.78, 5) is 12.2. The van der Waals surface area contributed by atoms with Crippen LogP contribution in [0.4, 0.5) is 10.5 Å². The van der Waals surface area contributed by atoms with Gasteiger partial charge in [-0.25, -0.2) is 4.79 Å². The standard InChI is InChI=1S/C22H30N2O2/c1-21(2,3)16-12-15(19(25)18(13-16)22(4,5)6)14-23-20(26)24-17-10-8-7-9-11-17/h7-13,25H,14H2,1-6H3,(H2,23,24,26). The highest BCUT2D eigenvalue weighted by Crippen LogP contribution is 2.37. The van der Waals surface area contributed by atoms with Gasteiger partial charge in [0.15, 0.2) is 0 Å². The number of urea groups is 1. The number of phenols is 1. The second-order valence-corrected chi connectivity index (χ2v) is 8.71. The molecule has 0 aromatic heterocycles. The number of phenolic OH excluding ortho intramolecular Hbond substituents is 1. The molecule has 0 spiro atoms. The SMILES string of the molecule is CC(C)(C)c1cc(CNC(=O)Nc2ccccc2)c(O)c(C(C)(C)C)c1. The van der Waals surface area contributed by atoms with E-state index in [9.17, 15) is 9.90 Å². The summed E-state index contributed by atoms with van der Waals surface area (Å²) in [5.41, 5.74) is 3.26. The van der Waals surface area contributed by atoms with Gasteiger partial charge < -0.3 is 15.7 Å². The lowest BCUT2D eigenvalue weighted by molar-refractivity contribution is 0.251. The fraction of sp³-hybridized carbons (Fsp3) is 0.409. The van der Waals surface area contributed by atoms with Crippen LogP contribution in [-0.2, 0) is 17.4 Å². The number of carbonyl (C=O) groups is 1. The Bertz CT molecular complexity index is 769. The van der Waals surface area contributed by atoms with E-state index < -0.39 is 0 Å². The van der Waals surface area contributed by atoms with Gasteiger partial charge in [0.1, 0.15) is 5.75 Å². The summed E-state index contributed by atoms with van der Waals surface area (Å²) in [5.74, 6) is 0.255. The molecule has 0 saturated carbocycles. The molecule has 0 fully saturated rings. The molecule has 4 heteroatoms. The van der Waals surface area contributed by atoms with Crippen LogP contribution in [-0.4, -0.2) is 11.1 Å². The predicted molar refractivity (Wildman–Crippen MR) is 108 cm³/mol. The van der Waals surface area contributed by atoms with E-state index in [1.165, 1.54) is 0 Å². The Labute approximate surface area is 156 Å². The van der Waals surface area contributed by atoms with Crippen LogP contribution in [0.2, 0.25) is 0 Å². The molecule has 26 heavy (non-hydrogen) atoms. The monoisotopic (exact) mass is 354 g/mol. The third-order valence-electron chi connectivity index (χ3n) is 4.33. The molecule has 2 amide bonds. The average Bonchev–Trinajstić information content (AvgIpc) is 2.52. The molecule has 0 aliphatic carbocycles. The average molecular weight is 354 g/mol. The van der Waals surface area contributed by atoms with E-state index in [-0.39, 0.29) is 29.2 Å². The number of rotatable bonds is 3. The molecular weight excluding hydrogens is 324 g/mol. The second kappa shape index (κ2) is 7.40. The van der Waals surface area contributed by atoms with Gasteiger partial charge in [-0.15, -0.1) is 0 Å². The van der Waals surface area contributed by atoms with E-state index in [0.717, 1.165) is 22.4 Å². The highest BCUT2D eigenvalue weighted by Gasteiger charge is 2.25. The summed E-state index contributed by atoms with van der Waals surface area (Å²) in [5, 5.41) is 16.4. The summed E-state index contributed by atoms with van der Waals surface area (Å²) in [7, 11) is 0. The first-order valence-corrected chi connectivity index (χ1v) is 8.95. The van der Waals surface area contributed by atoms with Gasteiger partial charge in [0.05, 0.1) is 0 Å². The molecule has 2 aromatic rings. The maximum Gasteiger partial charge on any atom is 0.319 e. The van der Waals surface area contributed by atoms with Crippen LogP contribution < -0.4 is 10.6 Å². The van der Waals surface area contributed by atoms with E-state index in [1.807, 2.05) is 36.4 Å². The maximum absolute atomic E-state index is 12.2. The number of nitrogens with one attached hydrogen (secondary N) is 2. The van der Waals surface area contributed by atoms with E-state index in [1.54, 1.807) is 0 Å². The normalized spacial score (nSPS) is 11.9. The Balaban J connectivity index is 2.23. The van der Waals surface area contributed by atoms with Crippen LogP contribution in [0.25, 0.3) is 0 Å². The molecule has 0 saturated heterocycles. The number of benzene rings is 2. The summed E-state index contributed by atoms with van der Waals surface area (Å²) >= 11 is 0. The molecule has 0 bridgehead atoms. The largest absolute Gasteiger partial charge is 0.507 e. The highest BCUT2D eigenvalue weighted by atomic mass is 16.3. The lowest BCUT2D eigenvalue weighted by Gasteiger charge is -2.27. The van der Waals surface area contributed by atoms with Crippen molar-refractivity contribution in [2.45, 2.75) is 58.9 Å². The Morgan fingerprint density at radius 2 is 1.58 bits per heavy atom. The smallest absolute Gasteiger partial charge is 0.319 e. The van der Waals surface area contributed by atoms with Crippen LogP contribution >= 0.6 is 0 Å². The van der Waals surface area contributed by atoms with Crippen molar-refractivity contribution in [2.24, 2.45) is 0 Å². The lowest BCUT2D eigenvalue weighted by atomic mass is 9.79. The molecule has 4 nitrogen and oxygen atoms in total. The molecule has 140 valence electrons. The molecule has 3 N–H and O–H groups in total. The van der Waals surface area contributed by atoms with E-state index in [4.69, 9.17) is 0 Å². The molecule has 0 unspecified atom stereocenters. The zero-order valence-electron chi connectivity index (χ0n) is 16.6. The molecule has 2 rings (SSSR count). The Morgan fingerprint density at radius 3 is 2.12 bits per heavy atom. The zero-order valence-corrected chi connectivity index (χ0v) is 16.6. The fourth-order valence-electron chi connectivity index (χ4n) is 2.71. The van der Waals surface area contributed by atoms with Gasteiger partial charge in [-0.05, 0) is 40.2 Å². The van der Waals surface area contributed by atoms with Gasteiger partial charge in [0.25, 0.3) is 0 Å². The molecule has 2 aromatic carbocycles. The van der Waals surface area contributed by atoms with Gasteiger partial charge in [-0.2, -0.15) is 0 Å². The first kappa shape index (κ1) is 19.8. The number of para-hydroxylation sites is 1. The molecule has 0 radical (unpaired) electrons. The van der Waals surface area contributed by atoms with Crippen molar-refractivity contribution < 1.29 is 9.90 Å². The van der Waals surface area contributed by atoms with Crippen molar-refractivity contribution in [3.8, 4) is 5.75 Å². The fourth-order valence-corrected chi connectivity index (χ4v) is 2.71. The number of anilines is 1. The van der Waals surface area contributed by atoms with Gasteiger partial charge in [-0.3, -0.25) is 0 Å². The number of carbonyl (C=O) groups excluding carboxylic acids is 1. The summed E-state index contributed by atoms with van der Waals surface area (Å²) in [6, 6.07) is 13.0. The van der Waals surface area contributed by atoms with Crippen LogP contribution in [0, 0.1) is 0 Å². The molecule has 0 atom stereocenters. The Morgan fingerprint density at radius 1 is 0.962 bits per heavy atom. The molecular formula is C22H30N2O2. The molecule has 0 aliphatic heterocycles. The van der Waals surface area contributed by atoms with Gasteiger partial charge in [0.2, 0.25) is 0 Å². The van der Waals surface area contributed by atoms with Crippen molar-refractivity contribution >= 4 is 11.7 Å². The van der Waals surface area contributed by atoms with E-state index >= 15 is 0 Å². The van der Waals surface area contributed by atoms with Crippen LogP contribution in [0.5, 0.6) is 5.75 Å². The summed E-state index contributed by atoms with van der Waals surface area (Å²) in [6.45, 7) is 12.9. The minimum atomic E-state index is -0.297. The lowest BCUT2D eigenvalue weighted by Crippen LogP contribution is -2.28. The van der Waals surface area contributed by atoms with Gasteiger partial charge >= 0.3 is 6.03 Å². The third kappa shape index (κ3) is 5.01.